The Kier molecular flexibility index (Phi) is 4.07. The van der Waals surface area contributed by atoms with Crippen LogP contribution in [0.25, 0.3) is 10.9 Å². The van der Waals surface area contributed by atoms with Crippen LogP contribution in [0.5, 0.6) is 0 Å². The van der Waals surface area contributed by atoms with Gasteiger partial charge in [-0.1, -0.05) is 25.5 Å². The van der Waals surface area contributed by atoms with Gasteiger partial charge in [-0.15, -0.1) is 0 Å². The van der Waals surface area contributed by atoms with Crippen LogP contribution in [-0.2, 0) is 7.05 Å². The number of halogens is 1. The molecule has 86 valence electrons. The van der Waals surface area contributed by atoms with E-state index in [-0.39, 0.29) is 7.48 Å². The molecule has 1 heterocycles. The molecule has 1 aromatic carbocycles. The SMILES string of the molecule is CC.Cc1ccc2nn(C)c(F)c2c1BO. The van der Waals surface area contributed by atoms with Crippen LogP contribution < -0.4 is 5.46 Å². The zero-order valence-electron chi connectivity index (χ0n) is 10.1. The maximum Gasteiger partial charge on any atom is 0.305 e. The van der Waals surface area contributed by atoms with E-state index in [9.17, 15) is 4.39 Å². The van der Waals surface area contributed by atoms with Gasteiger partial charge in [0.2, 0.25) is 5.95 Å². The van der Waals surface area contributed by atoms with E-state index in [0.29, 0.717) is 16.4 Å². The van der Waals surface area contributed by atoms with Gasteiger partial charge in [0.05, 0.1) is 10.9 Å². The van der Waals surface area contributed by atoms with Crippen LogP contribution in [0.1, 0.15) is 19.4 Å². The van der Waals surface area contributed by atoms with Crippen molar-refractivity contribution in [2.45, 2.75) is 20.8 Å². The molecule has 2 rings (SSSR count). The maximum absolute atomic E-state index is 13.6. The first-order chi connectivity index (χ1) is 7.65. The summed E-state index contributed by atoms with van der Waals surface area (Å²) < 4.78 is 14.8. The fraction of sp³-hybridized carbons (Fsp3) is 0.364. The normalized spacial score (nSPS) is 9.88. The molecule has 0 fully saturated rings. The monoisotopic (exact) mass is 222 g/mol. The van der Waals surface area contributed by atoms with E-state index in [1.807, 2.05) is 26.8 Å². The zero-order valence-corrected chi connectivity index (χ0v) is 10.1. The molecule has 16 heavy (non-hydrogen) atoms. The smallest absolute Gasteiger partial charge is 0.305 e. The quantitative estimate of drug-likeness (QED) is 0.731. The largest absolute Gasteiger partial charge is 0.449 e. The molecular weight excluding hydrogens is 206 g/mol. The first-order valence-corrected chi connectivity index (χ1v) is 5.36. The minimum Gasteiger partial charge on any atom is -0.449 e. The van der Waals surface area contributed by atoms with E-state index >= 15 is 0 Å². The molecule has 3 nitrogen and oxygen atoms in total. The van der Waals surface area contributed by atoms with Crippen molar-refractivity contribution in [3.8, 4) is 0 Å². The molecule has 1 aromatic heterocycles. The highest BCUT2D eigenvalue weighted by Gasteiger charge is 2.14. The van der Waals surface area contributed by atoms with Crippen LogP contribution >= 0.6 is 0 Å². The van der Waals surface area contributed by atoms with Crippen molar-refractivity contribution < 1.29 is 9.41 Å². The van der Waals surface area contributed by atoms with Gasteiger partial charge in [0.1, 0.15) is 0 Å². The number of aryl methyl sites for hydroxylation is 2. The van der Waals surface area contributed by atoms with E-state index in [4.69, 9.17) is 5.02 Å². The number of fused-ring (bicyclic) bond motifs is 1. The molecule has 2 aromatic rings. The molecule has 0 amide bonds. The molecular formula is C11H16BFN2O. The summed E-state index contributed by atoms with van der Waals surface area (Å²) in [5, 5.41) is 13.6. The Labute approximate surface area is 95.2 Å². The number of aromatic nitrogens is 2. The summed E-state index contributed by atoms with van der Waals surface area (Å²) in [6, 6.07) is 3.59. The third kappa shape index (κ3) is 1.95. The van der Waals surface area contributed by atoms with Crippen molar-refractivity contribution >= 4 is 23.8 Å². The third-order valence-corrected chi connectivity index (χ3v) is 2.43. The third-order valence-electron chi connectivity index (χ3n) is 2.43. The second kappa shape index (κ2) is 5.12. The molecule has 0 bridgehead atoms. The summed E-state index contributed by atoms with van der Waals surface area (Å²) in [5.41, 5.74) is 2.08. The van der Waals surface area contributed by atoms with Crippen LogP contribution in [0.4, 0.5) is 4.39 Å². The predicted octanol–water partition coefficient (Wildman–Crippen LogP) is 1.02. The summed E-state index contributed by atoms with van der Waals surface area (Å²) in [5.74, 6) is -0.396. The van der Waals surface area contributed by atoms with Gasteiger partial charge in [0, 0.05) is 7.05 Å². The highest BCUT2D eigenvalue weighted by Crippen LogP contribution is 2.15. The highest BCUT2D eigenvalue weighted by molar-refractivity contribution is 6.50. The van der Waals surface area contributed by atoms with Crippen molar-refractivity contribution in [3.63, 3.8) is 0 Å². The lowest BCUT2D eigenvalue weighted by atomic mass is 9.82. The minimum atomic E-state index is -0.396. The summed E-state index contributed by atoms with van der Waals surface area (Å²) >= 11 is 0. The number of benzene rings is 1. The molecule has 1 N–H and O–H groups in total. The summed E-state index contributed by atoms with van der Waals surface area (Å²) in [6.07, 6.45) is 0. The van der Waals surface area contributed by atoms with Crippen molar-refractivity contribution in [2.24, 2.45) is 7.05 Å². The molecule has 0 unspecified atom stereocenters. The van der Waals surface area contributed by atoms with Crippen molar-refractivity contribution in [1.82, 2.24) is 9.78 Å². The van der Waals surface area contributed by atoms with Crippen LogP contribution in [-0.4, -0.2) is 22.3 Å². The lowest BCUT2D eigenvalue weighted by molar-refractivity contribution is 0.512. The molecule has 0 saturated heterocycles. The van der Waals surface area contributed by atoms with Gasteiger partial charge in [-0.2, -0.15) is 9.49 Å². The lowest BCUT2D eigenvalue weighted by Crippen LogP contribution is -2.18. The van der Waals surface area contributed by atoms with E-state index in [2.05, 4.69) is 5.10 Å². The van der Waals surface area contributed by atoms with Gasteiger partial charge in [-0.3, -0.25) is 0 Å². The molecule has 0 aliphatic carbocycles. The van der Waals surface area contributed by atoms with E-state index in [1.165, 1.54) is 4.68 Å². The molecule has 0 aliphatic rings. The molecule has 0 saturated carbocycles. The molecule has 0 atom stereocenters. The Morgan fingerprint density at radius 2 is 2.00 bits per heavy atom. The van der Waals surface area contributed by atoms with Crippen LogP contribution in [0.2, 0.25) is 0 Å². The van der Waals surface area contributed by atoms with Gasteiger partial charge in [-0.05, 0) is 18.5 Å². The summed E-state index contributed by atoms with van der Waals surface area (Å²) in [7, 11) is 1.39. The van der Waals surface area contributed by atoms with Crippen LogP contribution in [0, 0.1) is 12.9 Å². The van der Waals surface area contributed by atoms with E-state index in [1.54, 1.807) is 13.1 Å². The fourth-order valence-corrected chi connectivity index (χ4v) is 1.62. The second-order valence-corrected chi connectivity index (χ2v) is 3.33. The zero-order chi connectivity index (χ0) is 12.3. The molecule has 0 spiro atoms. The molecule has 5 heteroatoms. The predicted molar refractivity (Wildman–Crippen MR) is 65.8 cm³/mol. The Morgan fingerprint density at radius 3 is 2.56 bits per heavy atom. The van der Waals surface area contributed by atoms with Gasteiger partial charge in [0.15, 0.2) is 0 Å². The number of nitrogens with zero attached hydrogens (tertiary/aromatic N) is 2. The van der Waals surface area contributed by atoms with Gasteiger partial charge < -0.3 is 5.02 Å². The van der Waals surface area contributed by atoms with E-state index in [0.717, 1.165) is 5.56 Å². The van der Waals surface area contributed by atoms with Crippen molar-refractivity contribution in [2.75, 3.05) is 0 Å². The fourth-order valence-electron chi connectivity index (χ4n) is 1.62. The topological polar surface area (TPSA) is 38.0 Å². The first-order valence-electron chi connectivity index (χ1n) is 5.36. The van der Waals surface area contributed by atoms with Crippen molar-refractivity contribution in [1.29, 1.82) is 0 Å². The minimum absolute atomic E-state index is 0.161. The average molecular weight is 222 g/mol. The molecule has 0 aliphatic heterocycles. The highest BCUT2D eigenvalue weighted by atomic mass is 19.1. The van der Waals surface area contributed by atoms with E-state index < -0.39 is 5.95 Å². The Hall–Kier alpha value is -1.36. The van der Waals surface area contributed by atoms with Crippen LogP contribution in [0.3, 0.4) is 0 Å². The Bertz CT molecular complexity index is 496. The number of hydrogen-bond donors (Lipinski definition) is 1. The lowest BCUT2D eigenvalue weighted by Gasteiger charge is -2.01. The Morgan fingerprint density at radius 1 is 1.38 bits per heavy atom. The standard InChI is InChI=1S/C9H10BFN2O.C2H6/c1-5-3-4-6-7(8(5)10-14)9(11)13(2)12-6;1-2/h3-4,10,14H,1-2H3;1-2H3. The first kappa shape index (κ1) is 12.7. The second-order valence-electron chi connectivity index (χ2n) is 3.33. The Balaban J connectivity index is 0.000000606. The summed E-state index contributed by atoms with van der Waals surface area (Å²) in [6.45, 7) is 5.84. The average Bonchev–Trinajstić information content (AvgIpc) is 2.59. The van der Waals surface area contributed by atoms with Gasteiger partial charge >= 0.3 is 7.48 Å². The number of rotatable bonds is 1. The maximum atomic E-state index is 13.6. The van der Waals surface area contributed by atoms with Gasteiger partial charge in [-0.25, -0.2) is 4.68 Å². The summed E-state index contributed by atoms with van der Waals surface area (Å²) in [4.78, 5) is 0. The number of hydrogen-bond acceptors (Lipinski definition) is 2. The molecule has 0 radical (unpaired) electrons. The van der Waals surface area contributed by atoms with Crippen molar-refractivity contribution in [3.05, 3.63) is 23.6 Å². The van der Waals surface area contributed by atoms with Crippen LogP contribution in [0.15, 0.2) is 12.1 Å². The van der Waals surface area contributed by atoms with Gasteiger partial charge in [0.25, 0.3) is 0 Å².